The van der Waals surface area contributed by atoms with E-state index >= 15 is 0 Å². The molecule has 23 heavy (non-hydrogen) atoms. The van der Waals surface area contributed by atoms with Gasteiger partial charge in [-0.25, -0.2) is 0 Å². The lowest BCUT2D eigenvalue weighted by molar-refractivity contribution is 0.600. The van der Waals surface area contributed by atoms with Crippen molar-refractivity contribution in [1.82, 2.24) is 9.88 Å². The molecule has 2 heteroatoms. The second kappa shape index (κ2) is 5.71. The first kappa shape index (κ1) is 14.3. The van der Waals surface area contributed by atoms with E-state index in [9.17, 15) is 0 Å². The van der Waals surface area contributed by atoms with Crippen molar-refractivity contribution in [3.63, 3.8) is 0 Å². The van der Waals surface area contributed by atoms with Crippen molar-refractivity contribution in [1.29, 1.82) is 0 Å². The monoisotopic (exact) mass is 302 g/mol. The fourth-order valence-electron chi connectivity index (χ4n) is 3.42. The molecule has 2 heterocycles. The maximum absolute atomic E-state index is 3.72. The molecule has 0 bridgehead atoms. The molecule has 3 aromatic rings. The molecule has 0 fully saturated rings. The highest BCUT2D eigenvalue weighted by Gasteiger charge is 2.22. The Kier molecular flexibility index (Phi) is 3.55. The van der Waals surface area contributed by atoms with Gasteiger partial charge in [-0.2, -0.15) is 0 Å². The largest absolute Gasteiger partial charge is 0.319 e. The summed E-state index contributed by atoms with van der Waals surface area (Å²) in [5.74, 6) is 0.569. The van der Waals surface area contributed by atoms with E-state index in [0.29, 0.717) is 5.92 Å². The smallest absolute Gasteiger partial charge is 0.0737 e. The summed E-state index contributed by atoms with van der Waals surface area (Å²) in [6, 6.07) is 22.2. The summed E-state index contributed by atoms with van der Waals surface area (Å²) in [6.45, 7) is 5.36. The molecule has 1 aliphatic rings. The van der Waals surface area contributed by atoms with Gasteiger partial charge in [0.1, 0.15) is 0 Å². The molecule has 0 amide bonds. The van der Waals surface area contributed by atoms with Crippen LogP contribution in [0.3, 0.4) is 0 Å². The molecule has 1 aliphatic heterocycles. The number of fused-ring (bicyclic) bond motifs is 3. The summed E-state index contributed by atoms with van der Waals surface area (Å²) >= 11 is 0. The van der Waals surface area contributed by atoms with Crippen LogP contribution in [-0.2, 0) is 6.54 Å². The van der Waals surface area contributed by atoms with Gasteiger partial charge in [0, 0.05) is 24.1 Å². The van der Waals surface area contributed by atoms with Gasteiger partial charge in [0.2, 0.25) is 0 Å². The Morgan fingerprint density at radius 2 is 1.74 bits per heavy atom. The number of hydrogen-bond acceptors (Lipinski definition) is 1. The second-order valence-electron chi connectivity index (χ2n) is 6.57. The Balaban J connectivity index is 1.77. The van der Waals surface area contributed by atoms with Gasteiger partial charge in [-0.3, -0.25) is 0 Å². The second-order valence-corrected chi connectivity index (χ2v) is 6.57. The van der Waals surface area contributed by atoms with Gasteiger partial charge in [0.25, 0.3) is 0 Å². The first-order chi connectivity index (χ1) is 11.2. The molecule has 1 aromatic heterocycles. The molecular formula is C21H22N2. The molecular weight excluding hydrogens is 280 g/mol. The molecule has 4 rings (SSSR count). The lowest BCUT2D eigenvalue weighted by Crippen LogP contribution is -2.21. The third-order valence-electron chi connectivity index (χ3n) is 4.76. The van der Waals surface area contributed by atoms with Crippen LogP contribution in [0.25, 0.3) is 5.69 Å². The average Bonchev–Trinajstić information content (AvgIpc) is 2.99. The minimum atomic E-state index is 0.221. The fraction of sp³-hybridized carbons (Fsp3) is 0.238. The van der Waals surface area contributed by atoms with Gasteiger partial charge in [0.15, 0.2) is 0 Å². The minimum absolute atomic E-state index is 0.221. The quantitative estimate of drug-likeness (QED) is 0.720. The van der Waals surface area contributed by atoms with Crippen molar-refractivity contribution in [3.05, 3.63) is 89.2 Å². The number of aromatic nitrogens is 1. The summed E-state index contributed by atoms with van der Waals surface area (Å²) in [5.41, 5.74) is 6.63. The van der Waals surface area contributed by atoms with Crippen LogP contribution in [0.5, 0.6) is 0 Å². The zero-order valence-corrected chi connectivity index (χ0v) is 13.7. The number of nitrogens with zero attached hydrogens (tertiary/aromatic N) is 1. The van der Waals surface area contributed by atoms with Crippen LogP contribution in [0.1, 0.15) is 48.2 Å². The highest BCUT2D eigenvalue weighted by molar-refractivity contribution is 5.47. The first-order valence-corrected chi connectivity index (χ1v) is 8.33. The summed E-state index contributed by atoms with van der Waals surface area (Å²) in [7, 11) is 0. The lowest BCUT2D eigenvalue weighted by atomic mass is 9.98. The number of para-hydroxylation sites is 1. The number of hydrogen-bond donors (Lipinski definition) is 1. The zero-order chi connectivity index (χ0) is 15.8. The number of nitrogens with one attached hydrogen (secondary N) is 1. The molecule has 0 aliphatic carbocycles. The van der Waals surface area contributed by atoms with Crippen molar-refractivity contribution in [2.24, 2.45) is 0 Å². The van der Waals surface area contributed by atoms with Crippen LogP contribution in [0.2, 0.25) is 0 Å². The molecule has 2 nitrogen and oxygen atoms in total. The van der Waals surface area contributed by atoms with E-state index < -0.39 is 0 Å². The minimum Gasteiger partial charge on any atom is -0.319 e. The van der Waals surface area contributed by atoms with E-state index in [1.807, 2.05) is 0 Å². The maximum Gasteiger partial charge on any atom is 0.0737 e. The number of benzene rings is 2. The molecule has 1 atom stereocenters. The van der Waals surface area contributed by atoms with Crippen molar-refractivity contribution in [3.8, 4) is 5.69 Å². The molecule has 0 radical (unpaired) electrons. The van der Waals surface area contributed by atoms with Crippen LogP contribution >= 0.6 is 0 Å². The Hall–Kier alpha value is -2.32. The third-order valence-corrected chi connectivity index (χ3v) is 4.76. The van der Waals surface area contributed by atoms with Gasteiger partial charge in [-0.15, -0.1) is 0 Å². The van der Waals surface area contributed by atoms with E-state index in [-0.39, 0.29) is 6.04 Å². The fourth-order valence-corrected chi connectivity index (χ4v) is 3.42. The predicted molar refractivity (Wildman–Crippen MR) is 95.0 cm³/mol. The lowest BCUT2D eigenvalue weighted by Gasteiger charge is -2.19. The third kappa shape index (κ3) is 2.49. The van der Waals surface area contributed by atoms with Crippen molar-refractivity contribution in [2.45, 2.75) is 32.4 Å². The summed E-state index contributed by atoms with van der Waals surface area (Å²) in [4.78, 5) is 0. The zero-order valence-electron chi connectivity index (χ0n) is 13.7. The van der Waals surface area contributed by atoms with E-state index in [0.717, 1.165) is 6.54 Å². The van der Waals surface area contributed by atoms with Crippen LogP contribution < -0.4 is 5.32 Å². The molecule has 0 unspecified atom stereocenters. The van der Waals surface area contributed by atoms with Crippen molar-refractivity contribution in [2.75, 3.05) is 0 Å². The van der Waals surface area contributed by atoms with Crippen LogP contribution in [0.15, 0.2) is 66.9 Å². The highest BCUT2D eigenvalue weighted by atomic mass is 15.1. The van der Waals surface area contributed by atoms with Crippen molar-refractivity contribution < 1.29 is 0 Å². The molecule has 0 saturated heterocycles. The standard InChI is InChI=1S/C21H22N2/c1-15(2)16-9-11-17(12-10-16)21-20-8-5-13-23(20)19-7-4-3-6-18(19)14-22-21/h3-13,15,21-22H,14H2,1-2H3/t21-/m0/s1. The van der Waals surface area contributed by atoms with Crippen LogP contribution in [-0.4, -0.2) is 4.57 Å². The average molecular weight is 302 g/mol. The van der Waals surface area contributed by atoms with Crippen molar-refractivity contribution >= 4 is 0 Å². The van der Waals surface area contributed by atoms with Gasteiger partial charge >= 0.3 is 0 Å². The summed E-state index contributed by atoms with van der Waals surface area (Å²) < 4.78 is 2.32. The van der Waals surface area contributed by atoms with Gasteiger partial charge < -0.3 is 9.88 Å². The number of rotatable bonds is 2. The molecule has 2 aromatic carbocycles. The topological polar surface area (TPSA) is 17.0 Å². The Morgan fingerprint density at radius 1 is 0.957 bits per heavy atom. The highest BCUT2D eigenvalue weighted by Crippen LogP contribution is 2.30. The van der Waals surface area contributed by atoms with Gasteiger partial charge in [-0.05, 0) is 40.8 Å². The van der Waals surface area contributed by atoms with E-state index in [1.165, 1.54) is 28.1 Å². The van der Waals surface area contributed by atoms with Gasteiger partial charge in [0.05, 0.1) is 6.04 Å². The van der Waals surface area contributed by atoms with Gasteiger partial charge in [-0.1, -0.05) is 56.3 Å². The normalized spacial score (nSPS) is 16.7. The van der Waals surface area contributed by atoms with E-state index in [2.05, 4.69) is 90.6 Å². The first-order valence-electron chi connectivity index (χ1n) is 8.33. The van der Waals surface area contributed by atoms with E-state index in [4.69, 9.17) is 0 Å². The Labute approximate surface area is 137 Å². The van der Waals surface area contributed by atoms with E-state index in [1.54, 1.807) is 0 Å². The van der Waals surface area contributed by atoms with Crippen LogP contribution in [0, 0.1) is 0 Å². The maximum atomic E-state index is 3.72. The molecule has 116 valence electrons. The SMILES string of the molecule is CC(C)c1ccc([C@@H]2NCc3ccccc3-n3cccc32)cc1. The Morgan fingerprint density at radius 3 is 2.52 bits per heavy atom. The molecule has 0 spiro atoms. The summed E-state index contributed by atoms with van der Waals surface area (Å²) in [5, 5.41) is 3.72. The van der Waals surface area contributed by atoms with Crippen LogP contribution in [0.4, 0.5) is 0 Å². The molecule has 0 saturated carbocycles. The summed E-state index contributed by atoms with van der Waals surface area (Å²) in [6.07, 6.45) is 2.16. The predicted octanol–water partition coefficient (Wildman–Crippen LogP) is 4.79. The molecule has 1 N–H and O–H groups in total. The Bertz CT molecular complexity index is 812.